The molecule has 2 aromatic carbocycles. The molecule has 1 atom stereocenters. The van der Waals surface area contributed by atoms with Gasteiger partial charge in [-0.15, -0.1) is 11.8 Å². The number of nitrogens with zero attached hydrogens (tertiary/aromatic N) is 4. The third-order valence-corrected chi connectivity index (χ3v) is 8.62. The molecule has 2 aliphatic heterocycles. The van der Waals surface area contributed by atoms with Crippen LogP contribution in [0.25, 0.3) is 22.0 Å². The number of piperazine rings is 1. The summed E-state index contributed by atoms with van der Waals surface area (Å²) in [6.45, 7) is 8.91. The van der Waals surface area contributed by atoms with Gasteiger partial charge in [0.05, 0.1) is 36.4 Å². The highest BCUT2D eigenvalue weighted by Gasteiger charge is 2.29. The molecular weight excluding hydrogens is 543 g/mol. The third kappa shape index (κ3) is 5.43. The lowest BCUT2D eigenvalue weighted by Gasteiger charge is -2.35. The number of rotatable bonds is 7. The molecule has 1 amide bonds. The van der Waals surface area contributed by atoms with E-state index in [0.29, 0.717) is 57.5 Å². The van der Waals surface area contributed by atoms with Gasteiger partial charge in [0.1, 0.15) is 11.6 Å². The van der Waals surface area contributed by atoms with Crippen molar-refractivity contribution in [2.45, 2.75) is 24.5 Å². The predicted octanol–water partition coefficient (Wildman–Crippen LogP) is 4.14. The van der Waals surface area contributed by atoms with Crippen LogP contribution in [0.5, 0.6) is 0 Å². The van der Waals surface area contributed by atoms with E-state index < -0.39 is 5.82 Å². The van der Waals surface area contributed by atoms with Crippen molar-refractivity contribution in [1.82, 2.24) is 14.5 Å². The number of benzene rings is 2. The Bertz CT molecular complexity index is 1490. The number of amides is 1. The van der Waals surface area contributed by atoms with Crippen molar-refractivity contribution in [2.75, 3.05) is 57.2 Å². The predicted molar refractivity (Wildman–Crippen MR) is 152 cm³/mol. The molecule has 3 aromatic rings. The van der Waals surface area contributed by atoms with Gasteiger partial charge in [-0.05, 0) is 42.3 Å². The lowest BCUT2D eigenvalue weighted by atomic mass is 9.97. The molecule has 1 fully saturated rings. The number of anilines is 1. The van der Waals surface area contributed by atoms with Gasteiger partial charge in [0.15, 0.2) is 0 Å². The van der Waals surface area contributed by atoms with Crippen LogP contribution in [0, 0.1) is 12.7 Å². The van der Waals surface area contributed by atoms with E-state index in [-0.39, 0.29) is 22.7 Å². The molecule has 8 nitrogen and oxygen atoms in total. The first-order chi connectivity index (χ1) is 18.8. The maximum Gasteiger partial charge on any atom is 0.350 e. The van der Waals surface area contributed by atoms with Crippen molar-refractivity contribution in [3.8, 4) is 11.1 Å². The average Bonchev–Trinajstić information content (AvgIpc) is 3.13. The summed E-state index contributed by atoms with van der Waals surface area (Å²) < 4.78 is 26.9. The maximum absolute atomic E-state index is 14.0. The van der Waals surface area contributed by atoms with E-state index in [9.17, 15) is 14.0 Å². The van der Waals surface area contributed by atoms with Gasteiger partial charge in [0, 0.05) is 54.9 Å². The highest BCUT2D eigenvalue weighted by atomic mass is 35.5. The van der Waals surface area contributed by atoms with E-state index in [1.807, 2.05) is 13.0 Å². The van der Waals surface area contributed by atoms with Crippen LogP contribution in [-0.4, -0.2) is 78.7 Å². The Morgan fingerprint density at radius 3 is 2.72 bits per heavy atom. The van der Waals surface area contributed by atoms with Crippen molar-refractivity contribution in [2.24, 2.45) is 0 Å². The van der Waals surface area contributed by atoms with Crippen LogP contribution in [0.1, 0.15) is 5.56 Å². The smallest absolute Gasteiger partial charge is 0.350 e. The zero-order chi connectivity index (χ0) is 27.7. The number of carbonyl (C=O) groups is 1. The molecule has 0 unspecified atom stereocenters. The summed E-state index contributed by atoms with van der Waals surface area (Å²) >= 11 is 7.79. The van der Waals surface area contributed by atoms with Gasteiger partial charge in [-0.2, -0.15) is 4.98 Å². The average molecular weight is 573 g/mol. The molecule has 1 saturated heterocycles. The molecule has 2 aliphatic rings. The molecule has 39 heavy (non-hydrogen) atoms. The molecule has 11 heteroatoms. The minimum absolute atomic E-state index is 0.0401. The van der Waals surface area contributed by atoms with Crippen molar-refractivity contribution < 1.29 is 18.7 Å². The Morgan fingerprint density at radius 1 is 1.26 bits per heavy atom. The van der Waals surface area contributed by atoms with Crippen LogP contribution in [0.4, 0.5) is 10.2 Å². The lowest BCUT2D eigenvalue weighted by molar-refractivity contribution is -0.126. The molecule has 0 bridgehead atoms. The van der Waals surface area contributed by atoms with Crippen LogP contribution >= 0.6 is 23.4 Å². The molecule has 1 aromatic heterocycles. The van der Waals surface area contributed by atoms with Crippen LogP contribution in [0.15, 0.2) is 46.6 Å². The Morgan fingerprint density at radius 2 is 2.03 bits per heavy atom. The summed E-state index contributed by atoms with van der Waals surface area (Å²) in [4.78, 5) is 34.9. The third-order valence-electron chi connectivity index (χ3n) is 7.11. The summed E-state index contributed by atoms with van der Waals surface area (Å²) in [5.74, 6) is 0.624. The lowest BCUT2D eigenvalue weighted by Crippen LogP contribution is -2.49. The molecule has 0 spiro atoms. The van der Waals surface area contributed by atoms with Crippen molar-refractivity contribution in [3.63, 3.8) is 0 Å². The SMILES string of the molecule is C=CC(=O)N1CCN(c2nc(=O)n3c4c(c(-c5ccc(F)c(Cl)c5)c(C)cc24)SC[C@H](OCCOC)C3)CC1. The topological polar surface area (TPSA) is 76.9 Å². The second-order valence-corrected chi connectivity index (χ2v) is 11.0. The largest absolute Gasteiger partial charge is 0.382 e. The molecular formula is C28H30ClFN4O4S. The van der Waals surface area contributed by atoms with E-state index >= 15 is 0 Å². The van der Waals surface area contributed by atoms with Gasteiger partial charge in [-0.3, -0.25) is 9.36 Å². The number of aromatic nitrogens is 2. The summed E-state index contributed by atoms with van der Waals surface area (Å²) in [5, 5.41) is 0.894. The number of hydrogen-bond donors (Lipinski definition) is 0. The van der Waals surface area contributed by atoms with Gasteiger partial charge < -0.3 is 19.3 Å². The molecule has 5 rings (SSSR count). The Hall–Kier alpha value is -2.92. The zero-order valence-electron chi connectivity index (χ0n) is 21.9. The molecule has 0 saturated carbocycles. The van der Waals surface area contributed by atoms with Gasteiger partial charge in [0.25, 0.3) is 0 Å². The van der Waals surface area contributed by atoms with Gasteiger partial charge in [0.2, 0.25) is 5.91 Å². The highest BCUT2D eigenvalue weighted by molar-refractivity contribution is 7.99. The first-order valence-electron chi connectivity index (χ1n) is 12.8. The van der Waals surface area contributed by atoms with E-state index in [0.717, 1.165) is 32.5 Å². The number of carbonyl (C=O) groups excluding carboxylic acids is 1. The first-order valence-corrected chi connectivity index (χ1v) is 14.1. The van der Waals surface area contributed by atoms with Crippen LogP contribution < -0.4 is 10.6 Å². The number of aryl methyl sites for hydroxylation is 1. The molecule has 0 N–H and O–H groups in total. The van der Waals surface area contributed by atoms with Gasteiger partial charge >= 0.3 is 5.69 Å². The minimum atomic E-state index is -0.485. The molecule has 0 radical (unpaired) electrons. The molecule has 0 aliphatic carbocycles. The molecule has 3 heterocycles. The Kier molecular flexibility index (Phi) is 8.27. The standard InChI is InChI=1S/C28H30ClFN4O4S/c1-4-23(35)32-7-9-33(10-8-32)27-20-13-17(2)24(18-5-6-22(30)21(29)14-18)26-25(20)34(28(36)31-27)15-19(16-39-26)38-12-11-37-3/h4-6,13-14,19H,1,7-12,15-16H2,2-3H3/t19-/m1/s1. The fourth-order valence-electron chi connectivity index (χ4n) is 5.18. The highest BCUT2D eigenvalue weighted by Crippen LogP contribution is 2.44. The summed E-state index contributed by atoms with van der Waals surface area (Å²) in [6.07, 6.45) is 1.09. The van der Waals surface area contributed by atoms with Crippen molar-refractivity contribution >= 4 is 46.0 Å². The second-order valence-electron chi connectivity index (χ2n) is 9.56. The van der Waals surface area contributed by atoms with Crippen LogP contribution in [0.3, 0.4) is 0 Å². The number of halogens is 2. The summed E-state index contributed by atoms with van der Waals surface area (Å²) in [7, 11) is 1.62. The maximum atomic E-state index is 14.0. The number of hydrogen-bond acceptors (Lipinski definition) is 7. The van der Waals surface area contributed by atoms with Crippen LogP contribution in [-0.2, 0) is 20.8 Å². The van der Waals surface area contributed by atoms with Gasteiger partial charge in [-0.25, -0.2) is 9.18 Å². The van der Waals surface area contributed by atoms with E-state index in [4.69, 9.17) is 21.1 Å². The monoisotopic (exact) mass is 572 g/mol. The van der Waals surface area contributed by atoms with Crippen molar-refractivity contribution in [3.05, 3.63) is 63.8 Å². The summed E-state index contributed by atoms with van der Waals surface area (Å²) in [5.41, 5.74) is 3.05. The quantitative estimate of drug-likeness (QED) is 0.311. The molecule has 206 valence electrons. The summed E-state index contributed by atoms with van der Waals surface area (Å²) in [6, 6.07) is 6.74. The van der Waals surface area contributed by atoms with E-state index in [1.54, 1.807) is 40.5 Å². The number of thioether (sulfide) groups is 1. The zero-order valence-corrected chi connectivity index (χ0v) is 23.5. The number of ether oxygens (including phenoxy) is 2. The van der Waals surface area contributed by atoms with Crippen molar-refractivity contribution in [1.29, 1.82) is 0 Å². The normalized spacial score (nSPS) is 17.4. The van der Waals surface area contributed by atoms with Gasteiger partial charge in [-0.1, -0.05) is 24.2 Å². The number of methoxy groups -OCH3 is 1. The minimum Gasteiger partial charge on any atom is -0.382 e. The van der Waals surface area contributed by atoms with Crippen LogP contribution in [0.2, 0.25) is 5.02 Å². The second kappa shape index (κ2) is 11.7. The fraction of sp³-hybridized carbons (Fsp3) is 0.393. The van der Waals surface area contributed by atoms with E-state index in [1.165, 1.54) is 12.1 Å². The Balaban J connectivity index is 1.66. The Labute approximate surface area is 235 Å². The van der Waals surface area contributed by atoms with E-state index in [2.05, 4.69) is 16.5 Å². The first kappa shape index (κ1) is 27.6. The fourth-order valence-corrected chi connectivity index (χ4v) is 6.70.